The maximum absolute atomic E-state index is 11.2. The number of carbonyl (C=O) groups excluding carboxylic acids is 1. The Hall–Kier alpha value is -0.790. The number of unbranched alkanes of at least 4 members (excludes halogenated alkanes) is 23. The normalized spacial score (nSPS) is 11.3. The molecule has 0 radical (unpaired) electrons. The van der Waals surface area contributed by atoms with Crippen molar-refractivity contribution in [2.75, 3.05) is 0 Å². The first-order chi connectivity index (χ1) is 16.7. The molecule has 0 saturated carbocycles. The van der Waals surface area contributed by atoms with E-state index in [1.54, 1.807) is 0 Å². The predicted octanol–water partition coefficient (Wildman–Crippen LogP) is 11.5. The van der Waals surface area contributed by atoms with Crippen LogP contribution in [0.5, 0.6) is 0 Å². The largest absolute Gasteiger partial charge is 0.435 e. The predicted molar refractivity (Wildman–Crippen MR) is 151 cm³/mol. The molecular formula is C32H62O2. The van der Waals surface area contributed by atoms with Crippen molar-refractivity contribution >= 4 is 5.97 Å². The zero-order valence-corrected chi connectivity index (χ0v) is 23.6. The van der Waals surface area contributed by atoms with Gasteiger partial charge in [-0.3, -0.25) is 4.79 Å². The summed E-state index contributed by atoms with van der Waals surface area (Å²) in [7, 11) is 0. The van der Waals surface area contributed by atoms with Gasteiger partial charge >= 0.3 is 5.97 Å². The van der Waals surface area contributed by atoms with Crippen molar-refractivity contribution in [1.29, 1.82) is 0 Å². The van der Waals surface area contributed by atoms with Crippen LogP contribution in [0, 0.1) is 5.92 Å². The number of ether oxygens (including phenoxy) is 1. The van der Waals surface area contributed by atoms with E-state index in [2.05, 4.69) is 20.4 Å². The summed E-state index contributed by atoms with van der Waals surface area (Å²) in [6.07, 6.45) is 36.8. The van der Waals surface area contributed by atoms with Crippen LogP contribution in [0.2, 0.25) is 0 Å². The Morgan fingerprint density at radius 1 is 0.529 bits per heavy atom. The third-order valence-electron chi connectivity index (χ3n) is 7.13. The maximum atomic E-state index is 11.2. The molecular weight excluding hydrogens is 416 g/mol. The van der Waals surface area contributed by atoms with Crippen molar-refractivity contribution in [1.82, 2.24) is 0 Å². The lowest BCUT2D eigenvalue weighted by Crippen LogP contribution is -1.98. The van der Waals surface area contributed by atoms with E-state index in [1.807, 2.05) is 0 Å². The van der Waals surface area contributed by atoms with E-state index in [-0.39, 0.29) is 5.97 Å². The van der Waals surface area contributed by atoms with Gasteiger partial charge in [-0.2, -0.15) is 0 Å². The number of hydrogen-bond acceptors (Lipinski definition) is 2. The molecule has 0 saturated heterocycles. The summed E-state index contributed by atoms with van der Waals surface area (Å²) in [6.45, 7) is 8.08. The van der Waals surface area contributed by atoms with Gasteiger partial charge in [-0.25, -0.2) is 0 Å². The van der Waals surface area contributed by atoms with Crippen LogP contribution in [0.25, 0.3) is 0 Å². The molecule has 0 aliphatic rings. The molecule has 0 N–H and O–H groups in total. The Labute approximate surface area is 215 Å². The zero-order chi connectivity index (χ0) is 25.0. The van der Waals surface area contributed by atoms with Gasteiger partial charge in [-0.05, 0) is 12.3 Å². The summed E-state index contributed by atoms with van der Waals surface area (Å²) < 4.78 is 4.73. The molecule has 0 rings (SSSR count). The molecule has 0 fully saturated rings. The van der Waals surface area contributed by atoms with Crippen LogP contribution in [0.3, 0.4) is 0 Å². The summed E-state index contributed by atoms with van der Waals surface area (Å²) >= 11 is 0. The lowest BCUT2D eigenvalue weighted by atomic mass is 10.0. The molecule has 0 aromatic heterocycles. The molecule has 0 aromatic carbocycles. The van der Waals surface area contributed by atoms with Gasteiger partial charge in [0.25, 0.3) is 0 Å². The Balaban J connectivity index is 3.05. The minimum Gasteiger partial charge on any atom is -0.435 e. The summed E-state index contributed by atoms with van der Waals surface area (Å²) in [6, 6.07) is 0. The average Bonchev–Trinajstić information content (AvgIpc) is 2.81. The van der Waals surface area contributed by atoms with Crippen molar-refractivity contribution in [3.63, 3.8) is 0 Å². The Bertz CT molecular complexity index is 415. The summed E-state index contributed by atoms with van der Waals surface area (Å²) in [4.78, 5) is 11.2. The van der Waals surface area contributed by atoms with Crippen molar-refractivity contribution in [2.24, 2.45) is 5.92 Å². The molecule has 2 nitrogen and oxygen atoms in total. The Kier molecular flexibility index (Phi) is 27.8. The first kappa shape index (κ1) is 33.2. The highest BCUT2D eigenvalue weighted by molar-refractivity contribution is 5.69. The van der Waals surface area contributed by atoms with Gasteiger partial charge in [0.15, 0.2) is 0 Å². The zero-order valence-electron chi connectivity index (χ0n) is 23.6. The van der Waals surface area contributed by atoms with Crippen molar-refractivity contribution in [3.05, 3.63) is 12.8 Å². The second-order valence-corrected chi connectivity index (χ2v) is 11.1. The van der Waals surface area contributed by atoms with Crippen LogP contribution < -0.4 is 0 Å². The highest BCUT2D eigenvalue weighted by atomic mass is 16.5. The SMILES string of the molecule is C=COC(=O)CCCCCCCCCCCCCCCCCCCCCCCCCCC(C)C. The van der Waals surface area contributed by atoms with E-state index < -0.39 is 0 Å². The standard InChI is InChI=1S/C32H62O2/c1-4-34-32(33)30-28-26-24-22-20-18-16-14-12-10-8-6-5-7-9-11-13-15-17-19-21-23-25-27-29-31(2)3/h4,31H,1,5-30H2,2-3H3. The quantitative estimate of drug-likeness (QED) is 0.0634. The summed E-state index contributed by atoms with van der Waals surface area (Å²) in [5.74, 6) is 0.742. The molecule has 202 valence electrons. The van der Waals surface area contributed by atoms with E-state index in [0.29, 0.717) is 6.42 Å². The fourth-order valence-electron chi connectivity index (χ4n) is 4.86. The number of carbonyl (C=O) groups is 1. The van der Waals surface area contributed by atoms with E-state index in [0.717, 1.165) is 18.8 Å². The molecule has 0 unspecified atom stereocenters. The van der Waals surface area contributed by atoms with E-state index in [4.69, 9.17) is 4.74 Å². The summed E-state index contributed by atoms with van der Waals surface area (Å²) in [5.41, 5.74) is 0. The average molecular weight is 479 g/mol. The van der Waals surface area contributed by atoms with Crippen LogP contribution in [-0.2, 0) is 9.53 Å². The molecule has 0 spiro atoms. The van der Waals surface area contributed by atoms with Crippen molar-refractivity contribution in [3.8, 4) is 0 Å². The molecule has 0 aliphatic carbocycles. The van der Waals surface area contributed by atoms with Crippen LogP contribution in [0.15, 0.2) is 12.8 Å². The number of hydrogen-bond donors (Lipinski definition) is 0. The molecule has 34 heavy (non-hydrogen) atoms. The van der Waals surface area contributed by atoms with Gasteiger partial charge < -0.3 is 4.74 Å². The van der Waals surface area contributed by atoms with Gasteiger partial charge in [0.1, 0.15) is 0 Å². The number of rotatable bonds is 28. The third kappa shape index (κ3) is 29.2. The second kappa shape index (κ2) is 28.4. The minimum atomic E-state index is -0.144. The lowest BCUT2D eigenvalue weighted by molar-refractivity contribution is -0.138. The van der Waals surface area contributed by atoms with Gasteiger partial charge in [0.2, 0.25) is 0 Å². The molecule has 0 amide bonds. The topological polar surface area (TPSA) is 26.3 Å². The molecule has 2 heteroatoms. The van der Waals surface area contributed by atoms with Crippen LogP contribution in [0.1, 0.15) is 181 Å². The van der Waals surface area contributed by atoms with Crippen molar-refractivity contribution < 1.29 is 9.53 Å². The van der Waals surface area contributed by atoms with Gasteiger partial charge in [-0.15, -0.1) is 0 Å². The van der Waals surface area contributed by atoms with E-state index >= 15 is 0 Å². The van der Waals surface area contributed by atoms with Gasteiger partial charge in [0, 0.05) is 6.42 Å². The minimum absolute atomic E-state index is 0.144. The van der Waals surface area contributed by atoms with E-state index in [9.17, 15) is 4.79 Å². The van der Waals surface area contributed by atoms with Gasteiger partial charge in [0.05, 0.1) is 6.26 Å². The second-order valence-electron chi connectivity index (χ2n) is 11.1. The third-order valence-corrected chi connectivity index (χ3v) is 7.13. The molecule has 0 atom stereocenters. The first-order valence-electron chi connectivity index (χ1n) is 15.5. The highest BCUT2D eigenvalue weighted by Gasteiger charge is 2.00. The highest BCUT2D eigenvalue weighted by Crippen LogP contribution is 2.16. The fraction of sp³-hybridized carbons (Fsp3) is 0.906. The molecule has 0 bridgehead atoms. The Morgan fingerprint density at radius 3 is 1.06 bits per heavy atom. The number of esters is 1. The van der Waals surface area contributed by atoms with Crippen LogP contribution >= 0.6 is 0 Å². The fourth-order valence-corrected chi connectivity index (χ4v) is 4.86. The van der Waals surface area contributed by atoms with Crippen molar-refractivity contribution in [2.45, 2.75) is 181 Å². The molecule has 0 aromatic rings. The summed E-state index contributed by atoms with van der Waals surface area (Å²) in [5, 5.41) is 0. The monoisotopic (exact) mass is 478 g/mol. The van der Waals surface area contributed by atoms with Gasteiger partial charge in [-0.1, -0.05) is 175 Å². The lowest BCUT2D eigenvalue weighted by Gasteiger charge is -2.05. The van der Waals surface area contributed by atoms with E-state index in [1.165, 1.54) is 154 Å². The molecule has 0 aliphatic heterocycles. The van der Waals surface area contributed by atoms with Crippen LogP contribution in [-0.4, -0.2) is 5.97 Å². The first-order valence-corrected chi connectivity index (χ1v) is 15.5. The maximum Gasteiger partial charge on any atom is 0.310 e. The molecule has 0 heterocycles. The van der Waals surface area contributed by atoms with Crippen LogP contribution in [0.4, 0.5) is 0 Å². The Morgan fingerprint density at radius 2 is 0.794 bits per heavy atom. The smallest absolute Gasteiger partial charge is 0.310 e.